The summed E-state index contributed by atoms with van der Waals surface area (Å²) in [6, 6.07) is 36.7. The molecule has 0 unspecified atom stereocenters. The highest BCUT2D eigenvalue weighted by atomic mass is 35.5. The third-order valence-electron chi connectivity index (χ3n) is 6.49. The Bertz CT molecular complexity index is 1490. The number of rotatable bonds is 6. The van der Waals surface area contributed by atoms with Crippen LogP contribution in [0.3, 0.4) is 0 Å². The van der Waals surface area contributed by atoms with Crippen molar-refractivity contribution in [3.63, 3.8) is 0 Å². The molecule has 6 heteroatoms. The normalized spacial score (nSPS) is 11.7. The number of halogens is 6. The van der Waals surface area contributed by atoms with E-state index in [1.54, 1.807) is 12.1 Å². The topological polar surface area (TPSA) is 0 Å². The van der Waals surface area contributed by atoms with Crippen LogP contribution in [0.25, 0.3) is 11.1 Å². The molecule has 0 aliphatic carbocycles. The molecule has 0 aliphatic rings. The molecule has 0 amide bonds. The maximum atomic E-state index is 7.20. The van der Waals surface area contributed by atoms with Gasteiger partial charge in [0.05, 0.1) is 0 Å². The summed E-state index contributed by atoms with van der Waals surface area (Å²) in [6.07, 6.45) is 0. The van der Waals surface area contributed by atoms with Crippen molar-refractivity contribution in [2.24, 2.45) is 0 Å². The zero-order valence-electron chi connectivity index (χ0n) is 19.8. The number of hydrogen-bond donors (Lipinski definition) is 0. The minimum atomic E-state index is -1.36. The van der Waals surface area contributed by atoms with E-state index in [0.717, 1.165) is 33.4 Å². The summed E-state index contributed by atoms with van der Waals surface area (Å²) in [5, 5.41) is 2.58. The van der Waals surface area contributed by atoms with E-state index in [-0.39, 0.29) is 5.92 Å². The van der Waals surface area contributed by atoms with Crippen LogP contribution in [-0.2, 0) is 4.33 Å². The van der Waals surface area contributed by atoms with Gasteiger partial charge in [-0.2, -0.15) is 0 Å². The number of alkyl halides is 2. The lowest BCUT2D eigenvalue weighted by atomic mass is 9.79. The summed E-state index contributed by atoms with van der Waals surface area (Å²) in [7, 11) is 0. The second kappa shape index (κ2) is 11.5. The van der Waals surface area contributed by atoms with Crippen molar-refractivity contribution < 1.29 is 0 Å². The predicted octanol–water partition coefficient (Wildman–Crippen LogP) is 11.8. The molecule has 0 spiro atoms. The third kappa shape index (κ3) is 5.73. The smallest absolute Gasteiger partial charge is 0.0909 e. The van der Waals surface area contributed by atoms with Gasteiger partial charge in [-0.25, -0.2) is 0 Å². The van der Waals surface area contributed by atoms with Crippen LogP contribution < -0.4 is 0 Å². The molecule has 0 heterocycles. The summed E-state index contributed by atoms with van der Waals surface area (Å²) in [4.78, 5) is 0. The lowest BCUT2D eigenvalue weighted by molar-refractivity contribution is 0.961. The van der Waals surface area contributed by atoms with E-state index < -0.39 is 4.33 Å². The number of hydrogen-bond acceptors (Lipinski definition) is 0. The van der Waals surface area contributed by atoms with E-state index in [0.29, 0.717) is 25.7 Å². The molecule has 0 N–H and O–H groups in total. The quantitative estimate of drug-likeness (QED) is 0.131. The van der Waals surface area contributed by atoms with Crippen molar-refractivity contribution in [1.29, 1.82) is 0 Å². The van der Waals surface area contributed by atoms with Crippen LogP contribution in [0.2, 0.25) is 20.1 Å². The van der Waals surface area contributed by atoms with E-state index in [1.165, 1.54) is 0 Å². The summed E-state index contributed by atoms with van der Waals surface area (Å²) in [6.45, 7) is 0. The van der Waals surface area contributed by atoms with Crippen LogP contribution in [0.15, 0.2) is 115 Å². The van der Waals surface area contributed by atoms with Crippen LogP contribution in [0.1, 0.15) is 33.7 Å². The highest BCUT2D eigenvalue weighted by Crippen LogP contribution is 2.49. The monoisotopic (exact) mass is 614 g/mol. The maximum absolute atomic E-state index is 7.20. The van der Waals surface area contributed by atoms with Gasteiger partial charge in [-0.1, -0.05) is 136 Å². The first kappa shape index (κ1) is 27.4. The third-order valence-corrected chi connectivity index (χ3v) is 8.34. The second-order valence-electron chi connectivity index (χ2n) is 8.89. The SMILES string of the molecule is Clc1ccc(-c2c(C(c3ccc(Cl)cc3)c3ccc(Cl)cc3)cccc2C(Cl)(Cl)c2ccc(Cl)cc2)cc1. The fourth-order valence-electron chi connectivity index (χ4n) is 4.69. The molecule has 0 saturated heterocycles. The average molecular weight is 617 g/mol. The van der Waals surface area contributed by atoms with Gasteiger partial charge in [0.2, 0.25) is 0 Å². The molecule has 0 fully saturated rings. The minimum absolute atomic E-state index is 0.162. The summed E-state index contributed by atoms with van der Waals surface area (Å²) in [5.41, 5.74) is 6.46. The lowest BCUT2D eigenvalue weighted by Gasteiger charge is -2.29. The van der Waals surface area contributed by atoms with Crippen molar-refractivity contribution in [3.8, 4) is 11.1 Å². The highest BCUT2D eigenvalue weighted by molar-refractivity contribution is 6.50. The average Bonchev–Trinajstić information content (AvgIpc) is 2.92. The molecule has 0 aromatic heterocycles. The summed E-state index contributed by atoms with van der Waals surface area (Å²) in [5.74, 6) is -0.162. The van der Waals surface area contributed by atoms with Crippen LogP contribution in [0.4, 0.5) is 0 Å². The van der Waals surface area contributed by atoms with Crippen LogP contribution in [0.5, 0.6) is 0 Å². The molecular weight excluding hydrogens is 597 g/mol. The van der Waals surface area contributed by atoms with Gasteiger partial charge >= 0.3 is 0 Å². The van der Waals surface area contributed by atoms with E-state index in [9.17, 15) is 0 Å². The van der Waals surface area contributed by atoms with Gasteiger partial charge in [0.25, 0.3) is 0 Å². The Morgan fingerprint density at radius 3 is 1.37 bits per heavy atom. The summed E-state index contributed by atoms with van der Waals surface area (Å²) < 4.78 is -1.36. The number of benzene rings is 5. The molecule has 38 heavy (non-hydrogen) atoms. The van der Waals surface area contributed by atoms with E-state index >= 15 is 0 Å². The molecule has 5 rings (SSSR count). The van der Waals surface area contributed by atoms with E-state index in [4.69, 9.17) is 69.6 Å². The Labute approximate surface area is 252 Å². The standard InChI is InChI=1S/C32H20Cl6/c33-24-12-4-20(5-13-24)30(21-6-14-25(34)15-7-21)28-2-1-3-29(31(28)22-8-16-26(35)17-9-22)32(37,38)23-10-18-27(36)19-11-23/h1-19,30H. The molecule has 5 aromatic carbocycles. The van der Waals surface area contributed by atoms with Crippen LogP contribution >= 0.6 is 69.6 Å². The zero-order chi connectivity index (χ0) is 26.9. The molecule has 5 aromatic rings. The van der Waals surface area contributed by atoms with Gasteiger partial charge in [-0.15, -0.1) is 0 Å². The van der Waals surface area contributed by atoms with Crippen molar-refractivity contribution >= 4 is 69.6 Å². The van der Waals surface area contributed by atoms with Gasteiger partial charge in [0.1, 0.15) is 0 Å². The van der Waals surface area contributed by atoms with Crippen molar-refractivity contribution in [3.05, 3.63) is 163 Å². The lowest BCUT2D eigenvalue weighted by Crippen LogP contribution is -2.16. The molecule has 0 aliphatic heterocycles. The van der Waals surface area contributed by atoms with Crippen LogP contribution in [-0.4, -0.2) is 0 Å². The second-order valence-corrected chi connectivity index (χ2v) is 12.0. The molecule has 190 valence electrons. The largest absolute Gasteiger partial charge is 0.168 e. The minimum Gasteiger partial charge on any atom is -0.0909 e. The fraction of sp³-hybridized carbons (Fsp3) is 0.0625. The highest BCUT2D eigenvalue weighted by Gasteiger charge is 2.34. The molecule has 0 bridgehead atoms. The van der Waals surface area contributed by atoms with Gasteiger partial charge in [0, 0.05) is 31.6 Å². The van der Waals surface area contributed by atoms with Crippen LogP contribution in [0, 0.1) is 0 Å². The molecule has 0 nitrogen and oxygen atoms in total. The Hall–Kier alpha value is -2.16. The van der Waals surface area contributed by atoms with E-state index in [2.05, 4.69) is 6.07 Å². The Kier molecular flexibility index (Phi) is 8.31. The zero-order valence-corrected chi connectivity index (χ0v) is 24.4. The molecule has 0 radical (unpaired) electrons. The van der Waals surface area contributed by atoms with Crippen molar-refractivity contribution in [2.45, 2.75) is 10.3 Å². The predicted molar refractivity (Wildman–Crippen MR) is 165 cm³/mol. The maximum Gasteiger partial charge on any atom is 0.168 e. The van der Waals surface area contributed by atoms with Crippen molar-refractivity contribution in [1.82, 2.24) is 0 Å². The van der Waals surface area contributed by atoms with Gasteiger partial charge in [0.15, 0.2) is 4.33 Å². The van der Waals surface area contributed by atoms with Gasteiger partial charge in [-0.3, -0.25) is 0 Å². The van der Waals surface area contributed by atoms with Gasteiger partial charge in [-0.05, 0) is 81.9 Å². The van der Waals surface area contributed by atoms with E-state index in [1.807, 2.05) is 97.1 Å². The van der Waals surface area contributed by atoms with Gasteiger partial charge < -0.3 is 0 Å². The Balaban J connectivity index is 1.81. The summed E-state index contributed by atoms with van der Waals surface area (Å²) >= 11 is 39.3. The van der Waals surface area contributed by atoms with Crippen molar-refractivity contribution in [2.75, 3.05) is 0 Å². The first-order valence-corrected chi connectivity index (χ1v) is 14.0. The first-order valence-electron chi connectivity index (χ1n) is 11.8. The Morgan fingerprint density at radius 2 is 0.895 bits per heavy atom. The Morgan fingerprint density at radius 1 is 0.474 bits per heavy atom. The molecule has 0 atom stereocenters. The molecular formula is C32H20Cl6. The molecule has 0 saturated carbocycles. The fourth-order valence-corrected chi connectivity index (χ4v) is 5.76. The first-order chi connectivity index (χ1) is 18.2.